The molecular formula is C8H12O3. The van der Waals surface area contributed by atoms with Crippen molar-refractivity contribution in [2.24, 2.45) is 11.3 Å². The van der Waals surface area contributed by atoms with Crippen LogP contribution in [0.25, 0.3) is 0 Å². The van der Waals surface area contributed by atoms with E-state index in [1.165, 1.54) is 0 Å². The van der Waals surface area contributed by atoms with Gasteiger partial charge in [0.05, 0.1) is 12.0 Å². The molecule has 62 valence electrons. The van der Waals surface area contributed by atoms with Crippen molar-refractivity contribution >= 4 is 5.97 Å². The third-order valence-electron chi connectivity index (χ3n) is 3.05. The fraction of sp³-hybridized carbons (Fsp3) is 0.875. The Kier molecular flexibility index (Phi) is 1.27. The van der Waals surface area contributed by atoms with Gasteiger partial charge in [-0.25, -0.2) is 0 Å². The second kappa shape index (κ2) is 1.97. The Balaban J connectivity index is 1.84. The van der Waals surface area contributed by atoms with Crippen molar-refractivity contribution < 1.29 is 15.0 Å². The summed E-state index contributed by atoms with van der Waals surface area (Å²) in [7, 11) is 0. The van der Waals surface area contributed by atoms with E-state index in [-0.39, 0.29) is 17.4 Å². The van der Waals surface area contributed by atoms with Crippen molar-refractivity contribution in [1.29, 1.82) is 0 Å². The van der Waals surface area contributed by atoms with Crippen LogP contribution in [0.4, 0.5) is 0 Å². The summed E-state index contributed by atoms with van der Waals surface area (Å²) >= 11 is 0. The molecule has 1 spiro atoms. The molecule has 2 N–H and O–H groups in total. The second-order valence-corrected chi connectivity index (χ2v) is 4.01. The topological polar surface area (TPSA) is 57.5 Å². The molecule has 0 unspecified atom stereocenters. The van der Waals surface area contributed by atoms with Gasteiger partial charge in [0.2, 0.25) is 0 Å². The molecule has 2 aliphatic carbocycles. The minimum atomic E-state index is -0.669. The van der Waals surface area contributed by atoms with Gasteiger partial charge in [-0.15, -0.1) is 0 Å². The second-order valence-electron chi connectivity index (χ2n) is 4.01. The van der Waals surface area contributed by atoms with Gasteiger partial charge in [0, 0.05) is 0 Å². The van der Waals surface area contributed by atoms with Crippen LogP contribution in [0.1, 0.15) is 25.7 Å². The molecule has 2 rings (SSSR count). The molecular weight excluding hydrogens is 144 g/mol. The maximum Gasteiger partial charge on any atom is 0.306 e. The monoisotopic (exact) mass is 156 g/mol. The minimum Gasteiger partial charge on any atom is -0.481 e. The highest BCUT2D eigenvalue weighted by molar-refractivity contribution is 5.71. The van der Waals surface area contributed by atoms with E-state index in [1.807, 2.05) is 0 Å². The minimum absolute atomic E-state index is 0.123. The van der Waals surface area contributed by atoms with Gasteiger partial charge in [0.15, 0.2) is 0 Å². The summed E-state index contributed by atoms with van der Waals surface area (Å²) in [4.78, 5) is 10.4. The molecule has 0 heterocycles. The standard InChI is InChI=1S/C8H12O3/c9-6-3-8(4-6)1-5(2-8)7(10)11/h5-6,9H,1-4H2,(H,10,11). The Morgan fingerprint density at radius 3 is 2.18 bits per heavy atom. The molecule has 0 aromatic carbocycles. The van der Waals surface area contributed by atoms with Gasteiger partial charge in [-0.1, -0.05) is 0 Å². The van der Waals surface area contributed by atoms with Gasteiger partial charge >= 0.3 is 5.97 Å². The first-order valence-corrected chi connectivity index (χ1v) is 4.02. The van der Waals surface area contributed by atoms with Crippen molar-refractivity contribution in [3.8, 4) is 0 Å². The highest BCUT2D eigenvalue weighted by Gasteiger charge is 2.54. The Hall–Kier alpha value is -0.570. The number of hydrogen-bond donors (Lipinski definition) is 2. The van der Waals surface area contributed by atoms with Gasteiger partial charge < -0.3 is 10.2 Å². The summed E-state index contributed by atoms with van der Waals surface area (Å²) in [6, 6.07) is 0. The highest BCUT2D eigenvalue weighted by Crippen LogP contribution is 2.58. The third kappa shape index (κ3) is 0.948. The Morgan fingerprint density at radius 2 is 1.82 bits per heavy atom. The van der Waals surface area contributed by atoms with Crippen LogP contribution in [0.5, 0.6) is 0 Å². The van der Waals surface area contributed by atoms with Crippen LogP contribution < -0.4 is 0 Å². The molecule has 3 heteroatoms. The van der Waals surface area contributed by atoms with Crippen LogP contribution in [-0.2, 0) is 4.79 Å². The number of aliphatic carboxylic acids is 1. The molecule has 0 amide bonds. The quantitative estimate of drug-likeness (QED) is 0.585. The lowest BCUT2D eigenvalue weighted by atomic mass is 9.51. The van der Waals surface area contributed by atoms with Crippen molar-refractivity contribution in [3.63, 3.8) is 0 Å². The van der Waals surface area contributed by atoms with Crippen LogP contribution in [0, 0.1) is 11.3 Å². The van der Waals surface area contributed by atoms with Gasteiger partial charge in [-0.3, -0.25) is 4.79 Å². The average Bonchev–Trinajstić information content (AvgIpc) is 1.73. The molecule has 3 nitrogen and oxygen atoms in total. The zero-order chi connectivity index (χ0) is 8.06. The van der Waals surface area contributed by atoms with E-state index in [4.69, 9.17) is 10.2 Å². The summed E-state index contributed by atoms with van der Waals surface area (Å²) in [5.74, 6) is -0.792. The Morgan fingerprint density at radius 1 is 1.27 bits per heavy atom. The number of hydrogen-bond acceptors (Lipinski definition) is 2. The SMILES string of the molecule is O=C(O)C1CC2(CC(O)C2)C1. The van der Waals surface area contributed by atoms with E-state index in [1.54, 1.807) is 0 Å². The normalized spacial score (nSPS) is 48.1. The van der Waals surface area contributed by atoms with Gasteiger partial charge in [-0.05, 0) is 31.1 Å². The zero-order valence-corrected chi connectivity index (χ0v) is 6.29. The molecule has 0 aromatic heterocycles. The molecule has 0 aliphatic heterocycles. The average molecular weight is 156 g/mol. The van der Waals surface area contributed by atoms with Crippen LogP contribution >= 0.6 is 0 Å². The lowest BCUT2D eigenvalue weighted by Gasteiger charge is -2.55. The summed E-state index contributed by atoms with van der Waals surface area (Å²) in [5, 5.41) is 17.6. The van der Waals surface area contributed by atoms with Crippen LogP contribution in [0.3, 0.4) is 0 Å². The number of carboxylic acid groups (broad SMARTS) is 1. The summed E-state index contributed by atoms with van der Waals surface area (Å²) in [6.45, 7) is 0. The lowest BCUT2D eigenvalue weighted by Crippen LogP contribution is -2.51. The van der Waals surface area contributed by atoms with Crippen LogP contribution in [0.2, 0.25) is 0 Å². The molecule has 0 saturated heterocycles. The van der Waals surface area contributed by atoms with Gasteiger partial charge in [0.1, 0.15) is 0 Å². The van der Waals surface area contributed by atoms with Crippen molar-refractivity contribution in [2.75, 3.05) is 0 Å². The highest BCUT2D eigenvalue weighted by atomic mass is 16.4. The molecule has 2 aliphatic rings. The summed E-state index contributed by atoms with van der Waals surface area (Å²) in [5.41, 5.74) is 0.239. The summed E-state index contributed by atoms with van der Waals surface area (Å²) in [6.07, 6.45) is 3.09. The largest absolute Gasteiger partial charge is 0.481 e. The lowest BCUT2D eigenvalue weighted by molar-refractivity contribution is -0.163. The fourth-order valence-electron chi connectivity index (χ4n) is 2.43. The fourth-order valence-corrected chi connectivity index (χ4v) is 2.43. The van der Waals surface area contributed by atoms with E-state index in [9.17, 15) is 4.79 Å². The third-order valence-corrected chi connectivity index (χ3v) is 3.05. The molecule has 0 radical (unpaired) electrons. The number of aliphatic hydroxyl groups is 1. The number of rotatable bonds is 1. The molecule has 11 heavy (non-hydrogen) atoms. The van der Waals surface area contributed by atoms with Crippen molar-refractivity contribution in [1.82, 2.24) is 0 Å². The number of aliphatic hydroxyl groups excluding tert-OH is 1. The van der Waals surface area contributed by atoms with E-state index >= 15 is 0 Å². The smallest absolute Gasteiger partial charge is 0.306 e. The van der Waals surface area contributed by atoms with E-state index in [0.717, 1.165) is 25.7 Å². The first-order chi connectivity index (χ1) is 5.11. The Labute approximate surface area is 65.0 Å². The zero-order valence-electron chi connectivity index (χ0n) is 6.29. The molecule has 0 atom stereocenters. The predicted molar refractivity (Wildman–Crippen MR) is 38.0 cm³/mol. The molecule has 2 fully saturated rings. The van der Waals surface area contributed by atoms with Gasteiger partial charge in [0.25, 0.3) is 0 Å². The summed E-state index contributed by atoms with van der Waals surface area (Å²) < 4.78 is 0. The maximum atomic E-state index is 10.4. The Bertz CT molecular complexity index is 186. The number of carbonyl (C=O) groups is 1. The molecule has 0 bridgehead atoms. The first kappa shape index (κ1) is 7.10. The van der Waals surface area contributed by atoms with Crippen LogP contribution in [0.15, 0.2) is 0 Å². The van der Waals surface area contributed by atoms with E-state index in [2.05, 4.69) is 0 Å². The van der Waals surface area contributed by atoms with Gasteiger partial charge in [-0.2, -0.15) is 0 Å². The maximum absolute atomic E-state index is 10.4. The molecule has 0 aromatic rings. The van der Waals surface area contributed by atoms with Crippen molar-refractivity contribution in [3.05, 3.63) is 0 Å². The number of carboxylic acids is 1. The van der Waals surface area contributed by atoms with Crippen molar-refractivity contribution in [2.45, 2.75) is 31.8 Å². The first-order valence-electron chi connectivity index (χ1n) is 4.02. The van der Waals surface area contributed by atoms with E-state index < -0.39 is 5.97 Å². The van der Waals surface area contributed by atoms with E-state index in [0.29, 0.717) is 0 Å². The predicted octanol–water partition coefficient (Wildman–Crippen LogP) is 0.622. The van der Waals surface area contributed by atoms with Crippen LogP contribution in [-0.4, -0.2) is 22.3 Å². The molecule has 2 saturated carbocycles.